The van der Waals surface area contributed by atoms with Crippen LogP contribution in [0, 0.1) is 5.41 Å². The zero-order valence-electron chi connectivity index (χ0n) is 12.2. The Bertz CT molecular complexity index is 575. The van der Waals surface area contributed by atoms with Gasteiger partial charge in [-0.1, -0.05) is 36.8 Å². The summed E-state index contributed by atoms with van der Waals surface area (Å²) in [5.74, 6) is -0.974. The smallest absolute Gasteiger partial charge is 0.410 e. The molecule has 0 spiro atoms. The molecular formula is C16H19NO5. The number of likely N-dealkylation sites (tertiary alicyclic amines) is 1. The first kappa shape index (κ1) is 14.8. The van der Waals surface area contributed by atoms with Crippen molar-refractivity contribution in [2.24, 2.45) is 5.41 Å². The van der Waals surface area contributed by atoms with Crippen LogP contribution in [-0.2, 0) is 16.1 Å². The number of hydrogen-bond donors (Lipinski definition) is 2. The van der Waals surface area contributed by atoms with E-state index in [0.29, 0.717) is 12.8 Å². The molecule has 1 aliphatic carbocycles. The summed E-state index contributed by atoms with van der Waals surface area (Å²) in [4.78, 5) is 24.7. The van der Waals surface area contributed by atoms with Crippen LogP contribution in [0.2, 0.25) is 0 Å². The van der Waals surface area contributed by atoms with E-state index in [1.807, 2.05) is 30.3 Å². The summed E-state index contributed by atoms with van der Waals surface area (Å²) in [5.41, 5.74) is -1.54. The van der Waals surface area contributed by atoms with Crippen molar-refractivity contribution < 1.29 is 24.5 Å². The second-order valence-corrected chi connectivity index (χ2v) is 6.17. The summed E-state index contributed by atoms with van der Waals surface area (Å²) < 4.78 is 5.18. The SMILES string of the molecule is O=C(OCc1ccccc1)N1CC(O)(C2(C(=O)O)CCC2)C1. The summed E-state index contributed by atoms with van der Waals surface area (Å²) in [5, 5.41) is 19.9. The lowest BCUT2D eigenvalue weighted by Crippen LogP contribution is -2.74. The predicted octanol–water partition coefficient (Wildman–Crippen LogP) is 1.62. The molecule has 1 amide bonds. The van der Waals surface area contributed by atoms with Crippen molar-refractivity contribution in [1.82, 2.24) is 4.90 Å². The number of carboxylic acids is 1. The summed E-state index contributed by atoms with van der Waals surface area (Å²) in [6, 6.07) is 9.31. The topological polar surface area (TPSA) is 87.1 Å². The minimum absolute atomic E-state index is 0.0208. The Balaban J connectivity index is 1.54. The molecule has 118 valence electrons. The number of carbonyl (C=O) groups excluding carboxylic acids is 1. The average molecular weight is 305 g/mol. The molecule has 1 aromatic rings. The molecule has 2 aliphatic rings. The fraction of sp³-hybridized carbons (Fsp3) is 0.500. The van der Waals surface area contributed by atoms with Crippen LogP contribution in [0.5, 0.6) is 0 Å². The molecule has 6 nitrogen and oxygen atoms in total. The molecule has 2 fully saturated rings. The number of carboxylic acid groups (broad SMARTS) is 1. The van der Waals surface area contributed by atoms with E-state index in [1.165, 1.54) is 4.90 Å². The number of carbonyl (C=O) groups is 2. The van der Waals surface area contributed by atoms with Crippen molar-refractivity contribution >= 4 is 12.1 Å². The van der Waals surface area contributed by atoms with Crippen molar-refractivity contribution in [3.8, 4) is 0 Å². The lowest BCUT2D eigenvalue weighted by Gasteiger charge is -2.57. The molecule has 0 radical (unpaired) electrons. The quantitative estimate of drug-likeness (QED) is 0.882. The Labute approximate surface area is 128 Å². The Morgan fingerprint density at radius 1 is 1.18 bits per heavy atom. The first-order valence-corrected chi connectivity index (χ1v) is 7.38. The standard InChI is InChI=1S/C16H19NO5/c18-13(19)15(7-4-8-15)16(21)10-17(11-16)14(20)22-9-12-5-2-1-3-6-12/h1-3,5-6,21H,4,7-11H2,(H,18,19). The van der Waals surface area contributed by atoms with Crippen molar-refractivity contribution in [3.05, 3.63) is 35.9 Å². The summed E-state index contributed by atoms with van der Waals surface area (Å²) in [7, 11) is 0. The highest BCUT2D eigenvalue weighted by Crippen LogP contribution is 2.53. The van der Waals surface area contributed by atoms with E-state index in [4.69, 9.17) is 4.74 Å². The van der Waals surface area contributed by atoms with Crippen molar-refractivity contribution in [1.29, 1.82) is 0 Å². The number of nitrogens with zero attached hydrogens (tertiary/aromatic N) is 1. The number of aliphatic hydroxyl groups is 1. The van der Waals surface area contributed by atoms with E-state index in [-0.39, 0.29) is 19.7 Å². The van der Waals surface area contributed by atoms with E-state index in [0.717, 1.165) is 12.0 Å². The lowest BCUT2D eigenvalue weighted by atomic mass is 9.56. The van der Waals surface area contributed by atoms with Gasteiger partial charge in [-0.25, -0.2) is 4.79 Å². The minimum atomic E-state index is -1.33. The van der Waals surface area contributed by atoms with Gasteiger partial charge in [-0.05, 0) is 18.4 Å². The van der Waals surface area contributed by atoms with Crippen LogP contribution >= 0.6 is 0 Å². The summed E-state index contributed by atoms with van der Waals surface area (Å²) in [6.07, 6.45) is 1.21. The van der Waals surface area contributed by atoms with Gasteiger partial charge in [-0.3, -0.25) is 4.79 Å². The number of aliphatic carboxylic acids is 1. The maximum atomic E-state index is 11.9. The third-order valence-corrected chi connectivity index (χ3v) is 4.88. The highest BCUT2D eigenvalue weighted by molar-refractivity contribution is 5.79. The molecule has 0 bridgehead atoms. The van der Waals surface area contributed by atoms with Gasteiger partial charge in [0.2, 0.25) is 0 Å². The van der Waals surface area contributed by atoms with Crippen LogP contribution in [0.25, 0.3) is 0 Å². The van der Waals surface area contributed by atoms with Crippen LogP contribution in [0.3, 0.4) is 0 Å². The molecule has 1 aromatic carbocycles. The van der Waals surface area contributed by atoms with Gasteiger partial charge >= 0.3 is 12.1 Å². The minimum Gasteiger partial charge on any atom is -0.481 e. The number of amides is 1. The Morgan fingerprint density at radius 3 is 2.32 bits per heavy atom. The lowest BCUT2D eigenvalue weighted by molar-refractivity contribution is -0.214. The third kappa shape index (κ3) is 2.23. The van der Waals surface area contributed by atoms with Gasteiger partial charge in [-0.15, -0.1) is 0 Å². The van der Waals surface area contributed by atoms with Crippen molar-refractivity contribution in [2.45, 2.75) is 31.5 Å². The molecule has 0 atom stereocenters. The monoisotopic (exact) mass is 305 g/mol. The second-order valence-electron chi connectivity index (χ2n) is 6.17. The second kappa shape index (κ2) is 5.28. The Hall–Kier alpha value is -2.08. The number of hydrogen-bond acceptors (Lipinski definition) is 4. The van der Waals surface area contributed by atoms with E-state index < -0.39 is 23.1 Å². The van der Waals surface area contributed by atoms with E-state index in [9.17, 15) is 19.8 Å². The fourth-order valence-electron chi connectivity index (χ4n) is 3.24. The molecule has 0 unspecified atom stereocenters. The molecule has 2 N–H and O–H groups in total. The zero-order valence-corrected chi connectivity index (χ0v) is 12.2. The van der Waals surface area contributed by atoms with Crippen molar-refractivity contribution in [3.63, 3.8) is 0 Å². The maximum Gasteiger partial charge on any atom is 0.410 e. The van der Waals surface area contributed by atoms with Crippen LogP contribution in [0.15, 0.2) is 30.3 Å². The van der Waals surface area contributed by atoms with Crippen LogP contribution in [0.1, 0.15) is 24.8 Å². The predicted molar refractivity (Wildman–Crippen MR) is 77.1 cm³/mol. The molecule has 1 heterocycles. The zero-order chi connectivity index (χ0) is 15.8. The molecule has 1 saturated heterocycles. The van der Waals surface area contributed by atoms with Gasteiger partial charge in [-0.2, -0.15) is 0 Å². The van der Waals surface area contributed by atoms with Gasteiger partial charge in [0.25, 0.3) is 0 Å². The first-order valence-electron chi connectivity index (χ1n) is 7.38. The molecular weight excluding hydrogens is 286 g/mol. The van der Waals surface area contributed by atoms with Gasteiger partial charge in [0.05, 0.1) is 18.5 Å². The van der Waals surface area contributed by atoms with Crippen molar-refractivity contribution in [2.75, 3.05) is 13.1 Å². The van der Waals surface area contributed by atoms with Crippen LogP contribution < -0.4 is 0 Å². The van der Waals surface area contributed by atoms with Gasteiger partial charge < -0.3 is 19.8 Å². The Morgan fingerprint density at radius 2 is 1.82 bits per heavy atom. The largest absolute Gasteiger partial charge is 0.481 e. The number of β-amino-alcohol motifs (C(OH)–C–C–N with tert-alkyl or cyclic N) is 1. The van der Waals surface area contributed by atoms with Gasteiger partial charge in [0, 0.05) is 0 Å². The highest BCUT2D eigenvalue weighted by Gasteiger charge is 2.65. The highest BCUT2D eigenvalue weighted by atomic mass is 16.6. The fourth-order valence-corrected chi connectivity index (χ4v) is 3.24. The van der Waals surface area contributed by atoms with Crippen LogP contribution in [0.4, 0.5) is 4.79 Å². The number of rotatable bonds is 4. The molecule has 22 heavy (non-hydrogen) atoms. The number of ether oxygens (including phenoxy) is 1. The Kier molecular flexibility index (Phi) is 3.56. The van der Waals surface area contributed by atoms with E-state index in [1.54, 1.807) is 0 Å². The average Bonchev–Trinajstić information content (AvgIpc) is 2.41. The third-order valence-electron chi connectivity index (χ3n) is 4.88. The maximum absolute atomic E-state index is 11.9. The van der Waals surface area contributed by atoms with Gasteiger partial charge in [0.1, 0.15) is 12.2 Å². The molecule has 3 rings (SSSR count). The molecule has 0 aromatic heterocycles. The first-order chi connectivity index (χ1) is 10.5. The van der Waals surface area contributed by atoms with Gasteiger partial charge in [0.15, 0.2) is 0 Å². The number of benzene rings is 1. The van der Waals surface area contributed by atoms with E-state index >= 15 is 0 Å². The summed E-state index contributed by atoms with van der Waals surface area (Å²) >= 11 is 0. The normalized spacial score (nSPS) is 21.4. The molecule has 6 heteroatoms. The molecule has 1 aliphatic heterocycles. The van der Waals surface area contributed by atoms with Crippen LogP contribution in [-0.4, -0.2) is 45.9 Å². The summed E-state index contributed by atoms with van der Waals surface area (Å²) in [6.45, 7) is 0.207. The molecule has 1 saturated carbocycles. The van der Waals surface area contributed by atoms with E-state index in [2.05, 4.69) is 0 Å².